The third kappa shape index (κ3) is 11.5. The molecule has 15 heteroatoms. The van der Waals surface area contributed by atoms with Crippen LogP contribution in [-0.4, -0.2) is 88.5 Å². The lowest BCUT2D eigenvalue weighted by Gasteiger charge is -2.24. The fourth-order valence-corrected chi connectivity index (χ4v) is 2.85. The molecule has 5 amide bonds. The molecule has 4 unspecified atom stereocenters. The number of primary amides is 2. The number of aliphatic hydroxyl groups excluding tert-OH is 1. The van der Waals surface area contributed by atoms with E-state index in [1.807, 2.05) is 5.32 Å². The fourth-order valence-electron chi connectivity index (χ4n) is 2.38. The number of amides is 5. The third-order valence-electron chi connectivity index (χ3n) is 4.11. The van der Waals surface area contributed by atoms with E-state index in [9.17, 15) is 28.8 Å². The van der Waals surface area contributed by atoms with Crippen LogP contribution >= 0.6 is 11.8 Å². The first-order chi connectivity index (χ1) is 14.9. The highest BCUT2D eigenvalue weighted by atomic mass is 32.2. The maximum Gasteiger partial charge on any atom is 0.328 e. The van der Waals surface area contributed by atoms with Gasteiger partial charge in [0.25, 0.3) is 0 Å². The molecule has 0 aliphatic rings. The average Bonchev–Trinajstić information content (AvgIpc) is 2.70. The molecule has 14 nitrogen and oxygen atoms in total. The number of thioether (sulfide) groups is 1. The van der Waals surface area contributed by atoms with Crippen LogP contribution in [0, 0.1) is 0 Å². The Labute approximate surface area is 188 Å². The molecule has 0 rings (SSSR count). The van der Waals surface area contributed by atoms with E-state index in [1.165, 1.54) is 11.8 Å². The first-order valence-electron chi connectivity index (χ1n) is 9.48. The van der Waals surface area contributed by atoms with E-state index in [0.29, 0.717) is 5.75 Å². The minimum atomic E-state index is -1.63. The van der Waals surface area contributed by atoms with Gasteiger partial charge in [-0.15, -0.1) is 0 Å². The Morgan fingerprint density at radius 2 is 1.34 bits per heavy atom. The summed E-state index contributed by atoms with van der Waals surface area (Å²) in [5.41, 5.74) is 15.7. The summed E-state index contributed by atoms with van der Waals surface area (Å²) in [5.74, 6) is -5.23. The molecule has 4 atom stereocenters. The van der Waals surface area contributed by atoms with Crippen molar-refractivity contribution in [3.05, 3.63) is 0 Å². The van der Waals surface area contributed by atoms with Crippen LogP contribution in [0.25, 0.3) is 0 Å². The lowest BCUT2D eigenvalue weighted by molar-refractivity contribution is -0.143. The number of nitrogens with two attached hydrogens (primary N) is 3. The van der Waals surface area contributed by atoms with Gasteiger partial charge in [0.1, 0.15) is 18.1 Å². The standard InChI is InChI=1S/C17H30N6O8S/c1-32-5-4-10(21-14(27)8(18)6-13(20)26)16(29)22-9(2-3-12(19)25)15(28)23-11(7-24)17(30)31/h8-11,24H,2-7,18H2,1H3,(H2,19,25)(H2,20,26)(H,21,27)(H,22,29)(H,23,28)(H,30,31). The molecule has 32 heavy (non-hydrogen) atoms. The van der Waals surface area contributed by atoms with Gasteiger partial charge in [-0.1, -0.05) is 0 Å². The molecule has 0 radical (unpaired) electrons. The Bertz CT molecular complexity index is 707. The van der Waals surface area contributed by atoms with Crippen molar-refractivity contribution in [1.82, 2.24) is 16.0 Å². The average molecular weight is 479 g/mol. The van der Waals surface area contributed by atoms with Crippen LogP contribution in [0.5, 0.6) is 0 Å². The van der Waals surface area contributed by atoms with Crippen LogP contribution in [0.1, 0.15) is 25.7 Å². The van der Waals surface area contributed by atoms with Gasteiger partial charge in [0.05, 0.1) is 19.1 Å². The first-order valence-corrected chi connectivity index (χ1v) is 10.9. The smallest absolute Gasteiger partial charge is 0.328 e. The molecule has 0 aliphatic heterocycles. The van der Waals surface area contributed by atoms with E-state index >= 15 is 0 Å². The SMILES string of the molecule is CSCCC(NC(=O)C(N)CC(N)=O)C(=O)NC(CCC(N)=O)C(=O)NC(CO)C(=O)O. The summed E-state index contributed by atoms with van der Waals surface area (Å²) in [5, 5.41) is 24.8. The summed E-state index contributed by atoms with van der Waals surface area (Å²) < 4.78 is 0. The summed E-state index contributed by atoms with van der Waals surface area (Å²) in [6.45, 7) is -0.901. The Balaban J connectivity index is 5.44. The van der Waals surface area contributed by atoms with E-state index in [-0.39, 0.29) is 19.3 Å². The van der Waals surface area contributed by atoms with E-state index in [0.717, 1.165) is 0 Å². The number of hydrogen-bond donors (Lipinski definition) is 8. The number of aliphatic carboxylic acids is 1. The number of carboxylic acids is 1. The minimum Gasteiger partial charge on any atom is -0.480 e. The van der Waals surface area contributed by atoms with Crippen molar-refractivity contribution in [3.63, 3.8) is 0 Å². The van der Waals surface area contributed by atoms with Crippen LogP contribution < -0.4 is 33.2 Å². The quantitative estimate of drug-likeness (QED) is 0.106. The van der Waals surface area contributed by atoms with Crippen LogP contribution in [0.2, 0.25) is 0 Å². The molecular formula is C17H30N6O8S. The molecule has 0 heterocycles. The van der Waals surface area contributed by atoms with Gasteiger partial charge in [-0.2, -0.15) is 11.8 Å². The number of hydrogen-bond acceptors (Lipinski definition) is 9. The monoisotopic (exact) mass is 478 g/mol. The number of rotatable bonds is 16. The zero-order valence-corrected chi connectivity index (χ0v) is 18.4. The number of nitrogens with one attached hydrogen (secondary N) is 3. The molecule has 0 aromatic rings. The first kappa shape index (κ1) is 29.1. The van der Waals surface area contributed by atoms with Gasteiger partial charge in [0, 0.05) is 6.42 Å². The molecule has 0 aromatic heterocycles. The van der Waals surface area contributed by atoms with Crippen molar-refractivity contribution < 1.29 is 39.0 Å². The van der Waals surface area contributed by atoms with Crippen LogP contribution in [0.15, 0.2) is 0 Å². The van der Waals surface area contributed by atoms with Gasteiger partial charge < -0.3 is 43.4 Å². The van der Waals surface area contributed by atoms with Crippen molar-refractivity contribution in [1.29, 1.82) is 0 Å². The number of carboxylic acid groups (broad SMARTS) is 1. The maximum absolute atomic E-state index is 12.7. The fraction of sp³-hybridized carbons (Fsp3) is 0.647. The van der Waals surface area contributed by atoms with Gasteiger partial charge in [-0.05, 0) is 24.9 Å². The molecule has 11 N–H and O–H groups in total. The Hall–Kier alpha value is -2.91. The van der Waals surface area contributed by atoms with Gasteiger partial charge in [-0.25, -0.2) is 4.79 Å². The minimum absolute atomic E-state index is 0.139. The summed E-state index contributed by atoms with van der Waals surface area (Å²) in [6, 6.07) is -5.44. The molecule has 0 aromatic carbocycles. The van der Waals surface area contributed by atoms with Gasteiger partial charge in [0.15, 0.2) is 0 Å². The van der Waals surface area contributed by atoms with E-state index < -0.39 is 72.7 Å². The second-order valence-electron chi connectivity index (χ2n) is 6.77. The highest BCUT2D eigenvalue weighted by molar-refractivity contribution is 7.98. The summed E-state index contributed by atoms with van der Waals surface area (Å²) >= 11 is 1.38. The van der Waals surface area contributed by atoms with Crippen molar-refractivity contribution in [2.24, 2.45) is 17.2 Å². The lowest BCUT2D eigenvalue weighted by Crippen LogP contribution is -2.57. The van der Waals surface area contributed by atoms with Crippen molar-refractivity contribution >= 4 is 47.3 Å². The Kier molecular flexibility index (Phi) is 13.6. The van der Waals surface area contributed by atoms with Crippen LogP contribution in [0.4, 0.5) is 0 Å². The Morgan fingerprint density at radius 1 is 0.844 bits per heavy atom. The topological polar surface area (TPSA) is 257 Å². The third-order valence-corrected chi connectivity index (χ3v) is 4.75. The highest BCUT2D eigenvalue weighted by Crippen LogP contribution is 2.05. The summed E-state index contributed by atoms with van der Waals surface area (Å²) in [7, 11) is 0. The molecule has 182 valence electrons. The molecular weight excluding hydrogens is 448 g/mol. The molecule has 0 bridgehead atoms. The van der Waals surface area contributed by atoms with Crippen LogP contribution in [-0.2, 0) is 28.8 Å². The Morgan fingerprint density at radius 3 is 1.78 bits per heavy atom. The van der Waals surface area contributed by atoms with Crippen LogP contribution in [0.3, 0.4) is 0 Å². The molecule has 0 fully saturated rings. The van der Waals surface area contributed by atoms with Gasteiger partial charge >= 0.3 is 5.97 Å². The normalized spacial score (nSPS) is 14.3. The highest BCUT2D eigenvalue weighted by Gasteiger charge is 2.30. The number of carbonyl (C=O) groups excluding carboxylic acids is 5. The van der Waals surface area contributed by atoms with Crippen molar-refractivity contribution in [3.8, 4) is 0 Å². The molecule has 0 saturated heterocycles. The van der Waals surface area contributed by atoms with Gasteiger partial charge in [0.2, 0.25) is 29.5 Å². The van der Waals surface area contributed by atoms with E-state index in [1.54, 1.807) is 6.26 Å². The summed E-state index contributed by atoms with van der Waals surface area (Å²) in [6.07, 6.45) is 0.903. The predicted molar refractivity (Wildman–Crippen MR) is 114 cm³/mol. The molecule has 0 spiro atoms. The number of carbonyl (C=O) groups is 6. The van der Waals surface area contributed by atoms with E-state index in [2.05, 4.69) is 10.6 Å². The summed E-state index contributed by atoms with van der Waals surface area (Å²) in [4.78, 5) is 70.5. The van der Waals surface area contributed by atoms with Gasteiger partial charge in [-0.3, -0.25) is 24.0 Å². The lowest BCUT2D eigenvalue weighted by atomic mass is 10.1. The largest absolute Gasteiger partial charge is 0.480 e. The second kappa shape index (κ2) is 15.0. The molecule has 0 saturated carbocycles. The van der Waals surface area contributed by atoms with E-state index in [4.69, 9.17) is 27.4 Å². The van der Waals surface area contributed by atoms with Crippen molar-refractivity contribution in [2.45, 2.75) is 49.9 Å². The number of aliphatic hydroxyl groups is 1. The maximum atomic E-state index is 12.7. The second-order valence-corrected chi connectivity index (χ2v) is 7.75. The van der Waals surface area contributed by atoms with Crippen molar-refractivity contribution in [2.75, 3.05) is 18.6 Å². The zero-order chi connectivity index (χ0) is 24.8. The molecule has 0 aliphatic carbocycles. The predicted octanol–water partition coefficient (Wildman–Crippen LogP) is -4.26. The zero-order valence-electron chi connectivity index (χ0n) is 17.5.